The lowest BCUT2D eigenvalue weighted by Crippen LogP contribution is -2.20. The third kappa shape index (κ3) is 9.75. The Labute approximate surface area is 88.2 Å². The first kappa shape index (κ1) is 13.7. The average Bonchev–Trinajstić information content (AvgIpc) is 1.98. The Hall–Kier alpha value is -0.340. The molecule has 0 fully saturated rings. The molecule has 0 heterocycles. The summed E-state index contributed by atoms with van der Waals surface area (Å²) in [5.74, 6) is 1.00. The number of rotatable bonds is 5. The molecule has 0 amide bonds. The van der Waals surface area contributed by atoms with E-state index in [4.69, 9.17) is 9.78 Å². The minimum absolute atomic E-state index is 0.221. The van der Waals surface area contributed by atoms with Crippen LogP contribution < -0.4 is 0 Å². The minimum atomic E-state index is -0.221. The second-order valence-electron chi connectivity index (χ2n) is 5.09. The van der Waals surface area contributed by atoms with Crippen LogP contribution in [0.25, 0.3) is 0 Å². The Kier molecular flexibility index (Phi) is 6.05. The topological polar surface area (TPSA) is 18.5 Å². The minimum Gasteiger partial charge on any atom is -0.236 e. The molecule has 0 aromatic carbocycles. The van der Waals surface area contributed by atoms with E-state index in [9.17, 15) is 0 Å². The van der Waals surface area contributed by atoms with Gasteiger partial charge in [-0.25, -0.2) is 9.78 Å². The second kappa shape index (κ2) is 6.20. The molecule has 1 atom stereocenters. The summed E-state index contributed by atoms with van der Waals surface area (Å²) in [5.41, 5.74) is -0.221. The average molecular weight is 200 g/mol. The maximum Gasteiger partial charge on any atom is 0.0952 e. The van der Waals surface area contributed by atoms with Crippen molar-refractivity contribution in [3.8, 4) is 0 Å². The molecule has 2 nitrogen and oxygen atoms in total. The van der Waals surface area contributed by atoms with Crippen molar-refractivity contribution in [2.24, 2.45) is 11.8 Å². The van der Waals surface area contributed by atoms with Gasteiger partial charge in [0.2, 0.25) is 0 Å². The first-order valence-corrected chi connectivity index (χ1v) is 5.30. The highest BCUT2D eigenvalue weighted by Gasteiger charge is 2.11. The molecule has 0 aliphatic rings. The molecule has 14 heavy (non-hydrogen) atoms. The van der Waals surface area contributed by atoms with Crippen LogP contribution in [0, 0.1) is 11.8 Å². The lowest BCUT2D eigenvalue weighted by atomic mass is 10.1. The highest BCUT2D eigenvalue weighted by Crippen LogP contribution is 2.09. The Bertz CT molecular complexity index is 166. The van der Waals surface area contributed by atoms with Gasteiger partial charge in [-0.15, -0.1) is 0 Å². The van der Waals surface area contributed by atoms with Crippen molar-refractivity contribution >= 4 is 0 Å². The van der Waals surface area contributed by atoms with Crippen LogP contribution in [0.1, 0.15) is 41.5 Å². The Balaban J connectivity index is 3.59. The standard InChI is InChI=1S/C12H24O2/c1-10(2)7-8-11(3)9-13-14-12(4,5)6/h7-8,10-11H,9H2,1-6H3. The van der Waals surface area contributed by atoms with Gasteiger partial charge in [-0.1, -0.05) is 32.9 Å². The quantitative estimate of drug-likeness (QED) is 0.383. The van der Waals surface area contributed by atoms with Gasteiger partial charge in [0.1, 0.15) is 0 Å². The molecular weight excluding hydrogens is 176 g/mol. The fraction of sp³-hybridized carbons (Fsp3) is 0.833. The largest absolute Gasteiger partial charge is 0.236 e. The van der Waals surface area contributed by atoms with Gasteiger partial charge in [-0.3, -0.25) is 0 Å². The van der Waals surface area contributed by atoms with E-state index in [1.54, 1.807) is 0 Å². The maximum atomic E-state index is 5.17. The SMILES string of the molecule is CC(C)C=CC(C)COOC(C)(C)C. The fourth-order valence-electron chi connectivity index (χ4n) is 0.786. The highest BCUT2D eigenvalue weighted by atomic mass is 17.2. The van der Waals surface area contributed by atoms with Crippen LogP contribution in [0.2, 0.25) is 0 Å². The molecular formula is C12H24O2. The first-order chi connectivity index (χ1) is 6.31. The molecule has 0 aromatic rings. The third-order valence-electron chi connectivity index (χ3n) is 1.46. The third-order valence-corrected chi connectivity index (χ3v) is 1.46. The molecule has 0 saturated carbocycles. The molecule has 0 rings (SSSR count). The van der Waals surface area contributed by atoms with Crippen LogP contribution in [0.15, 0.2) is 12.2 Å². The normalized spacial score (nSPS) is 15.4. The smallest absolute Gasteiger partial charge is 0.0952 e. The summed E-state index contributed by atoms with van der Waals surface area (Å²) in [6.45, 7) is 13.0. The van der Waals surface area contributed by atoms with Crippen LogP contribution in [-0.2, 0) is 9.78 Å². The summed E-state index contributed by atoms with van der Waals surface area (Å²) in [7, 11) is 0. The van der Waals surface area contributed by atoms with Crippen LogP contribution in [-0.4, -0.2) is 12.2 Å². The molecule has 0 bridgehead atoms. The van der Waals surface area contributed by atoms with Crippen molar-refractivity contribution < 1.29 is 9.78 Å². The molecule has 0 saturated heterocycles. The van der Waals surface area contributed by atoms with Crippen molar-refractivity contribution in [2.45, 2.75) is 47.1 Å². The highest BCUT2D eigenvalue weighted by molar-refractivity contribution is 4.88. The van der Waals surface area contributed by atoms with Gasteiger partial charge in [0.25, 0.3) is 0 Å². The van der Waals surface area contributed by atoms with Gasteiger partial charge in [0, 0.05) is 5.92 Å². The van der Waals surface area contributed by atoms with Crippen LogP contribution in [0.4, 0.5) is 0 Å². The van der Waals surface area contributed by atoms with Crippen molar-refractivity contribution in [1.29, 1.82) is 0 Å². The summed E-state index contributed by atoms with van der Waals surface area (Å²) in [6, 6.07) is 0. The second-order valence-corrected chi connectivity index (χ2v) is 5.09. The predicted octanol–water partition coefficient (Wildman–Crippen LogP) is 3.58. The van der Waals surface area contributed by atoms with Crippen molar-refractivity contribution in [3.63, 3.8) is 0 Å². The van der Waals surface area contributed by atoms with E-state index < -0.39 is 0 Å². The molecule has 0 spiro atoms. The van der Waals surface area contributed by atoms with Gasteiger partial charge in [0.05, 0.1) is 12.2 Å². The zero-order valence-electron chi connectivity index (χ0n) is 10.3. The zero-order valence-corrected chi connectivity index (χ0v) is 10.3. The number of allylic oxidation sites excluding steroid dienone is 1. The van der Waals surface area contributed by atoms with E-state index in [-0.39, 0.29) is 5.60 Å². The van der Waals surface area contributed by atoms with Gasteiger partial charge in [-0.2, -0.15) is 0 Å². The summed E-state index contributed by atoms with van der Waals surface area (Å²) in [4.78, 5) is 10.3. The van der Waals surface area contributed by atoms with E-state index >= 15 is 0 Å². The van der Waals surface area contributed by atoms with E-state index in [1.807, 2.05) is 20.8 Å². The van der Waals surface area contributed by atoms with E-state index in [1.165, 1.54) is 0 Å². The van der Waals surface area contributed by atoms with Crippen molar-refractivity contribution in [3.05, 3.63) is 12.2 Å². The van der Waals surface area contributed by atoms with Crippen molar-refractivity contribution in [2.75, 3.05) is 6.61 Å². The number of hydrogen-bond acceptors (Lipinski definition) is 2. The monoisotopic (exact) mass is 200 g/mol. The Morgan fingerprint density at radius 2 is 1.64 bits per heavy atom. The van der Waals surface area contributed by atoms with Gasteiger partial charge >= 0.3 is 0 Å². The summed E-state index contributed by atoms with van der Waals surface area (Å²) in [5, 5.41) is 0. The lowest BCUT2D eigenvalue weighted by Gasteiger charge is -2.18. The van der Waals surface area contributed by atoms with Crippen LogP contribution in [0.5, 0.6) is 0 Å². The fourth-order valence-corrected chi connectivity index (χ4v) is 0.786. The van der Waals surface area contributed by atoms with Crippen molar-refractivity contribution in [1.82, 2.24) is 0 Å². The van der Waals surface area contributed by atoms with E-state index in [2.05, 4.69) is 32.9 Å². The zero-order chi connectivity index (χ0) is 11.2. The summed E-state index contributed by atoms with van der Waals surface area (Å²) in [6.07, 6.45) is 4.35. The van der Waals surface area contributed by atoms with Gasteiger partial charge < -0.3 is 0 Å². The molecule has 1 unspecified atom stereocenters. The number of hydrogen-bond donors (Lipinski definition) is 0. The summed E-state index contributed by atoms with van der Waals surface area (Å²) >= 11 is 0. The molecule has 0 aliphatic carbocycles. The molecule has 0 radical (unpaired) electrons. The molecule has 0 aromatic heterocycles. The first-order valence-electron chi connectivity index (χ1n) is 5.30. The maximum absolute atomic E-state index is 5.17. The van der Waals surface area contributed by atoms with Gasteiger partial charge in [0.15, 0.2) is 0 Å². The lowest BCUT2D eigenvalue weighted by molar-refractivity contribution is -0.351. The predicted molar refractivity (Wildman–Crippen MR) is 59.9 cm³/mol. The Morgan fingerprint density at radius 3 is 2.07 bits per heavy atom. The molecule has 2 heteroatoms. The van der Waals surface area contributed by atoms with Crippen LogP contribution in [0.3, 0.4) is 0 Å². The Morgan fingerprint density at radius 1 is 1.07 bits per heavy atom. The summed E-state index contributed by atoms with van der Waals surface area (Å²) < 4.78 is 0. The molecule has 0 N–H and O–H groups in total. The van der Waals surface area contributed by atoms with E-state index in [0.717, 1.165) is 0 Å². The van der Waals surface area contributed by atoms with Crippen LogP contribution >= 0.6 is 0 Å². The van der Waals surface area contributed by atoms with Gasteiger partial charge in [-0.05, 0) is 26.7 Å². The van der Waals surface area contributed by atoms with E-state index in [0.29, 0.717) is 18.4 Å². The molecule has 84 valence electrons. The molecule has 0 aliphatic heterocycles.